The van der Waals surface area contributed by atoms with E-state index in [1.54, 1.807) is 60.7 Å². The number of hydrogen-bond acceptors (Lipinski definition) is 5. The number of ether oxygens (including phenoxy) is 1. The van der Waals surface area contributed by atoms with Crippen LogP contribution in [-0.4, -0.2) is 28.6 Å². The molecule has 0 spiro atoms. The minimum atomic E-state index is -0.521. The summed E-state index contributed by atoms with van der Waals surface area (Å²) in [4.78, 5) is 26.2. The van der Waals surface area contributed by atoms with Gasteiger partial charge >= 0.3 is 0 Å². The van der Waals surface area contributed by atoms with Crippen molar-refractivity contribution in [2.45, 2.75) is 12.3 Å². The quantitative estimate of drug-likeness (QED) is 0.151. The summed E-state index contributed by atoms with van der Waals surface area (Å²) in [5, 5.41) is 14.3. The number of amides is 2. The Hall–Kier alpha value is -4.37. The molecule has 5 N–H and O–H groups in total. The SMILES string of the molecule is NCCC(C(=O)Nc1ccc2[nH]nc(NC(=O)c3ccc(Oc4ccccc4)cc3)c2c1)c1ccc(Cl)c(Cl)c1. The summed E-state index contributed by atoms with van der Waals surface area (Å²) >= 11 is 12.2. The van der Waals surface area contributed by atoms with Gasteiger partial charge in [-0.1, -0.05) is 47.5 Å². The van der Waals surface area contributed by atoms with Crippen molar-refractivity contribution in [1.29, 1.82) is 0 Å². The number of carbonyl (C=O) groups is 2. The summed E-state index contributed by atoms with van der Waals surface area (Å²) in [6, 6.07) is 26.6. The highest BCUT2D eigenvalue weighted by molar-refractivity contribution is 6.42. The minimum absolute atomic E-state index is 0.241. The molecule has 0 aliphatic carbocycles. The van der Waals surface area contributed by atoms with Crippen LogP contribution in [0, 0.1) is 0 Å². The van der Waals surface area contributed by atoms with Crippen LogP contribution in [0.3, 0.4) is 0 Å². The van der Waals surface area contributed by atoms with Crippen molar-refractivity contribution < 1.29 is 14.3 Å². The second kappa shape index (κ2) is 12.2. The molecular formula is C30H25Cl2N5O3. The number of rotatable bonds is 9. The molecule has 8 nitrogen and oxygen atoms in total. The van der Waals surface area contributed by atoms with Crippen LogP contribution in [0.15, 0.2) is 91.0 Å². The Balaban J connectivity index is 1.30. The molecule has 40 heavy (non-hydrogen) atoms. The average Bonchev–Trinajstić information content (AvgIpc) is 3.36. The second-order valence-corrected chi connectivity index (χ2v) is 9.83. The maximum atomic E-state index is 13.2. The largest absolute Gasteiger partial charge is 0.457 e. The fourth-order valence-corrected chi connectivity index (χ4v) is 4.55. The van der Waals surface area contributed by atoms with E-state index in [9.17, 15) is 9.59 Å². The first-order valence-electron chi connectivity index (χ1n) is 12.5. The van der Waals surface area contributed by atoms with Gasteiger partial charge in [0.15, 0.2) is 5.82 Å². The molecule has 202 valence electrons. The number of benzene rings is 4. The Bertz CT molecular complexity index is 1660. The molecule has 0 aliphatic heterocycles. The number of nitrogens with one attached hydrogen (secondary N) is 3. The first kappa shape index (κ1) is 27.2. The van der Waals surface area contributed by atoms with Crippen molar-refractivity contribution in [3.05, 3.63) is 112 Å². The molecule has 0 aliphatic rings. The molecule has 0 saturated carbocycles. The number of para-hydroxylation sites is 1. The Morgan fingerprint density at radius 3 is 2.35 bits per heavy atom. The van der Waals surface area contributed by atoms with Gasteiger partial charge in [-0.2, -0.15) is 5.10 Å². The highest BCUT2D eigenvalue weighted by Gasteiger charge is 2.21. The zero-order chi connectivity index (χ0) is 28.1. The topological polar surface area (TPSA) is 122 Å². The highest BCUT2D eigenvalue weighted by atomic mass is 35.5. The molecule has 5 aromatic rings. The van der Waals surface area contributed by atoms with E-state index in [0.717, 1.165) is 5.56 Å². The van der Waals surface area contributed by atoms with E-state index < -0.39 is 5.92 Å². The number of H-pyrrole nitrogens is 1. The summed E-state index contributed by atoms with van der Waals surface area (Å²) in [7, 11) is 0. The number of aromatic nitrogens is 2. The second-order valence-electron chi connectivity index (χ2n) is 9.02. The Kier molecular flexibility index (Phi) is 8.31. The van der Waals surface area contributed by atoms with Gasteiger partial charge in [-0.05, 0) is 85.3 Å². The molecule has 1 aromatic heterocycles. The van der Waals surface area contributed by atoms with Gasteiger partial charge < -0.3 is 21.1 Å². The van der Waals surface area contributed by atoms with Crippen molar-refractivity contribution in [3.8, 4) is 11.5 Å². The number of aromatic amines is 1. The number of nitrogens with two attached hydrogens (primary N) is 1. The summed E-state index contributed by atoms with van der Waals surface area (Å²) in [6.45, 7) is 0.314. The molecular weight excluding hydrogens is 549 g/mol. The Morgan fingerprint density at radius 2 is 1.62 bits per heavy atom. The Labute approximate surface area is 240 Å². The van der Waals surface area contributed by atoms with Gasteiger partial charge in [0.25, 0.3) is 5.91 Å². The highest BCUT2D eigenvalue weighted by Crippen LogP contribution is 2.30. The van der Waals surface area contributed by atoms with Crippen LogP contribution >= 0.6 is 23.2 Å². The van der Waals surface area contributed by atoms with Gasteiger partial charge in [0.05, 0.1) is 21.5 Å². The first-order valence-corrected chi connectivity index (χ1v) is 13.2. The van der Waals surface area contributed by atoms with E-state index in [1.807, 2.05) is 30.3 Å². The van der Waals surface area contributed by atoms with Gasteiger partial charge in [0.1, 0.15) is 11.5 Å². The van der Waals surface area contributed by atoms with E-state index in [2.05, 4.69) is 20.8 Å². The van der Waals surface area contributed by atoms with Gasteiger partial charge in [0.2, 0.25) is 5.91 Å². The van der Waals surface area contributed by atoms with Crippen LogP contribution in [0.4, 0.5) is 11.5 Å². The average molecular weight is 574 g/mol. The Morgan fingerprint density at radius 1 is 0.875 bits per heavy atom. The van der Waals surface area contributed by atoms with E-state index in [-0.39, 0.29) is 11.8 Å². The number of anilines is 2. The fraction of sp³-hybridized carbons (Fsp3) is 0.100. The zero-order valence-electron chi connectivity index (χ0n) is 21.2. The van der Waals surface area contributed by atoms with Crippen LogP contribution in [0.5, 0.6) is 11.5 Å². The minimum Gasteiger partial charge on any atom is -0.457 e. The molecule has 1 atom stereocenters. The van der Waals surface area contributed by atoms with E-state index in [0.29, 0.717) is 62.5 Å². The predicted octanol–water partition coefficient (Wildman–Crippen LogP) is 6.99. The summed E-state index contributed by atoms with van der Waals surface area (Å²) in [6.07, 6.45) is 0.425. The molecule has 2 amide bonds. The van der Waals surface area contributed by atoms with E-state index in [1.165, 1.54) is 0 Å². The van der Waals surface area contributed by atoms with Crippen LogP contribution in [0.2, 0.25) is 10.0 Å². The standard InChI is InChI=1S/C30H25Cl2N5O3/c31-25-12-8-19(16-26(25)32)23(14-15-33)30(39)34-20-9-13-27-24(17-20)28(37-36-27)35-29(38)18-6-10-22(11-7-18)40-21-4-2-1-3-5-21/h1-13,16-17,23H,14-15,33H2,(H,34,39)(H2,35,36,37,38). The molecule has 1 heterocycles. The van der Waals surface area contributed by atoms with E-state index >= 15 is 0 Å². The number of nitrogens with zero attached hydrogens (tertiary/aromatic N) is 1. The maximum absolute atomic E-state index is 13.2. The van der Waals surface area contributed by atoms with Gasteiger partial charge in [-0.3, -0.25) is 14.7 Å². The van der Waals surface area contributed by atoms with Crippen molar-refractivity contribution in [2.24, 2.45) is 5.73 Å². The molecule has 10 heteroatoms. The number of fused-ring (bicyclic) bond motifs is 1. The normalized spacial score (nSPS) is 11.7. The lowest BCUT2D eigenvalue weighted by atomic mass is 9.94. The van der Waals surface area contributed by atoms with Crippen LogP contribution < -0.4 is 21.1 Å². The molecule has 4 aromatic carbocycles. The molecule has 0 saturated heterocycles. The van der Waals surface area contributed by atoms with Crippen molar-refractivity contribution >= 4 is 57.4 Å². The van der Waals surface area contributed by atoms with E-state index in [4.69, 9.17) is 33.7 Å². The number of hydrogen-bond donors (Lipinski definition) is 4. The summed E-state index contributed by atoms with van der Waals surface area (Å²) in [5.41, 5.74) is 8.18. The molecule has 0 radical (unpaired) electrons. The van der Waals surface area contributed by atoms with Crippen molar-refractivity contribution in [3.63, 3.8) is 0 Å². The van der Waals surface area contributed by atoms with Crippen LogP contribution in [0.25, 0.3) is 10.9 Å². The lowest BCUT2D eigenvalue weighted by Gasteiger charge is -2.17. The number of carbonyl (C=O) groups excluding carboxylic acids is 2. The fourth-order valence-electron chi connectivity index (χ4n) is 4.24. The third-order valence-electron chi connectivity index (χ3n) is 6.28. The molecule has 0 fully saturated rings. The number of halogens is 2. The first-order chi connectivity index (χ1) is 19.4. The van der Waals surface area contributed by atoms with Gasteiger partial charge in [-0.25, -0.2) is 0 Å². The zero-order valence-corrected chi connectivity index (χ0v) is 22.7. The predicted molar refractivity (Wildman–Crippen MR) is 159 cm³/mol. The van der Waals surface area contributed by atoms with Crippen molar-refractivity contribution in [2.75, 3.05) is 17.2 Å². The van der Waals surface area contributed by atoms with Crippen LogP contribution in [0.1, 0.15) is 28.3 Å². The van der Waals surface area contributed by atoms with Crippen LogP contribution in [-0.2, 0) is 4.79 Å². The smallest absolute Gasteiger partial charge is 0.256 e. The van der Waals surface area contributed by atoms with Gasteiger partial charge in [-0.15, -0.1) is 0 Å². The third kappa shape index (κ3) is 6.26. The monoisotopic (exact) mass is 573 g/mol. The third-order valence-corrected chi connectivity index (χ3v) is 7.01. The summed E-state index contributed by atoms with van der Waals surface area (Å²) in [5.74, 6) is 0.558. The lowest BCUT2D eigenvalue weighted by Crippen LogP contribution is -2.23. The lowest BCUT2D eigenvalue weighted by molar-refractivity contribution is -0.117. The van der Waals surface area contributed by atoms with Crippen molar-refractivity contribution in [1.82, 2.24) is 10.2 Å². The molecule has 5 rings (SSSR count). The van der Waals surface area contributed by atoms with Gasteiger partial charge in [0, 0.05) is 16.6 Å². The molecule has 0 bridgehead atoms. The maximum Gasteiger partial charge on any atom is 0.256 e. The molecule has 1 unspecified atom stereocenters. The summed E-state index contributed by atoms with van der Waals surface area (Å²) < 4.78 is 5.79.